The van der Waals surface area contributed by atoms with Crippen molar-refractivity contribution in [1.82, 2.24) is 25.5 Å². The van der Waals surface area contributed by atoms with Gasteiger partial charge in [-0.3, -0.25) is 4.79 Å². The number of fused-ring (bicyclic) bond motifs is 1. The van der Waals surface area contributed by atoms with Gasteiger partial charge in [0.15, 0.2) is 0 Å². The number of nitrogens with zero attached hydrogens (tertiary/aromatic N) is 4. The fourth-order valence-corrected chi connectivity index (χ4v) is 3.96. The van der Waals surface area contributed by atoms with Gasteiger partial charge in [0.1, 0.15) is 0 Å². The smallest absolute Gasteiger partial charge is 0.230 e. The maximum atomic E-state index is 12.5. The number of thioether (sulfide) groups is 1. The average molecular weight is 404 g/mol. The van der Waals surface area contributed by atoms with E-state index in [1.807, 2.05) is 55.5 Å². The monoisotopic (exact) mass is 403 g/mol. The molecule has 1 N–H and O–H groups in total. The van der Waals surface area contributed by atoms with Gasteiger partial charge in [-0.1, -0.05) is 84.6 Å². The summed E-state index contributed by atoms with van der Waals surface area (Å²) in [6.45, 7) is 2.58. The summed E-state index contributed by atoms with van der Waals surface area (Å²) in [5.74, 6) is 0.203. The molecule has 1 heterocycles. The Morgan fingerprint density at radius 2 is 1.79 bits per heavy atom. The first-order valence-corrected chi connectivity index (χ1v) is 10.4. The number of benzene rings is 3. The van der Waals surface area contributed by atoms with E-state index in [4.69, 9.17) is 0 Å². The van der Waals surface area contributed by atoms with Gasteiger partial charge in [-0.15, -0.1) is 5.10 Å². The van der Waals surface area contributed by atoms with Crippen LogP contribution in [0.3, 0.4) is 0 Å². The molecule has 0 aliphatic rings. The lowest BCUT2D eigenvalue weighted by atomic mass is 10.00. The number of hydrogen-bond donors (Lipinski definition) is 1. The Kier molecular flexibility index (Phi) is 5.86. The van der Waals surface area contributed by atoms with Crippen LogP contribution in [0.4, 0.5) is 0 Å². The molecule has 6 nitrogen and oxygen atoms in total. The molecule has 1 amide bonds. The van der Waals surface area contributed by atoms with Crippen molar-refractivity contribution in [3.8, 4) is 0 Å². The second kappa shape index (κ2) is 8.87. The highest BCUT2D eigenvalue weighted by Crippen LogP contribution is 2.24. The molecule has 0 aliphatic heterocycles. The Labute approximate surface area is 173 Å². The highest BCUT2D eigenvalue weighted by molar-refractivity contribution is 7.99. The van der Waals surface area contributed by atoms with Gasteiger partial charge in [-0.2, -0.15) is 0 Å². The third kappa shape index (κ3) is 4.63. The lowest BCUT2D eigenvalue weighted by Gasteiger charge is -2.16. The summed E-state index contributed by atoms with van der Waals surface area (Å²) in [5.41, 5.74) is 2.21. The third-order valence-electron chi connectivity index (χ3n) is 4.67. The first-order chi connectivity index (χ1) is 14.2. The highest BCUT2D eigenvalue weighted by Gasteiger charge is 2.14. The molecule has 4 aromatic rings. The summed E-state index contributed by atoms with van der Waals surface area (Å²) in [4.78, 5) is 12.5. The molecule has 0 spiro atoms. The van der Waals surface area contributed by atoms with Crippen molar-refractivity contribution in [2.24, 2.45) is 0 Å². The van der Waals surface area contributed by atoms with E-state index >= 15 is 0 Å². The normalized spacial score (nSPS) is 12.0. The number of hydrogen-bond acceptors (Lipinski definition) is 5. The molecule has 0 saturated carbocycles. The van der Waals surface area contributed by atoms with Crippen molar-refractivity contribution in [2.45, 2.75) is 24.7 Å². The summed E-state index contributed by atoms with van der Waals surface area (Å²) in [7, 11) is 0. The minimum absolute atomic E-state index is 0.0512. The number of rotatable bonds is 7. The fraction of sp³-hybridized carbons (Fsp3) is 0.182. The summed E-state index contributed by atoms with van der Waals surface area (Å²) in [5, 5.41) is 17.9. The Morgan fingerprint density at radius 1 is 1.03 bits per heavy atom. The number of amides is 1. The van der Waals surface area contributed by atoms with Crippen LogP contribution in [0.1, 0.15) is 24.1 Å². The van der Waals surface area contributed by atoms with Gasteiger partial charge in [0.25, 0.3) is 0 Å². The summed E-state index contributed by atoms with van der Waals surface area (Å²) in [6.07, 6.45) is 0. The Hall–Kier alpha value is -3.19. The molecule has 1 aromatic heterocycles. The van der Waals surface area contributed by atoms with Crippen molar-refractivity contribution in [1.29, 1.82) is 0 Å². The molecule has 0 bridgehead atoms. The van der Waals surface area contributed by atoms with Crippen molar-refractivity contribution in [3.05, 3.63) is 83.9 Å². The SMILES string of the molecule is C[C@@H](NC(=O)CSc1nnnn1Cc1ccccc1)c1cccc2ccccc12. The average Bonchev–Trinajstić information content (AvgIpc) is 3.19. The number of tetrazole rings is 1. The van der Waals surface area contributed by atoms with E-state index in [-0.39, 0.29) is 17.7 Å². The lowest BCUT2D eigenvalue weighted by molar-refractivity contribution is -0.119. The quantitative estimate of drug-likeness (QED) is 0.475. The Balaban J connectivity index is 1.38. The zero-order chi connectivity index (χ0) is 20.1. The minimum Gasteiger partial charge on any atom is -0.349 e. The molecule has 29 heavy (non-hydrogen) atoms. The standard InChI is InChI=1S/C22H21N5OS/c1-16(19-13-7-11-18-10-5-6-12-20(18)19)23-21(28)15-29-22-24-25-26-27(22)14-17-8-3-2-4-9-17/h2-13,16H,14-15H2,1H3,(H,23,28)/t16-/m1/s1. The molecular formula is C22H21N5OS. The molecule has 0 saturated heterocycles. The van der Waals surface area contributed by atoms with Gasteiger partial charge in [0.05, 0.1) is 18.3 Å². The largest absolute Gasteiger partial charge is 0.349 e. The second-order valence-electron chi connectivity index (χ2n) is 6.75. The first-order valence-electron chi connectivity index (χ1n) is 9.40. The molecule has 4 rings (SSSR count). The third-order valence-corrected chi connectivity index (χ3v) is 5.63. The number of carbonyl (C=O) groups is 1. The molecule has 1 atom stereocenters. The van der Waals surface area contributed by atoms with E-state index in [0.29, 0.717) is 11.7 Å². The van der Waals surface area contributed by atoms with Gasteiger partial charge in [-0.05, 0) is 39.2 Å². The van der Waals surface area contributed by atoms with E-state index in [2.05, 4.69) is 45.1 Å². The van der Waals surface area contributed by atoms with Gasteiger partial charge >= 0.3 is 0 Å². The van der Waals surface area contributed by atoms with E-state index in [1.54, 1.807) is 4.68 Å². The van der Waals surface area contributed by atoms with Crippen molar-refractivity contribution in [3.63, 3.8) is 0 Å². The van der Waals surface area contributed by atoms with Gasteiger partial charge in [0, 0.05) is 0 Å². The van der Waals surface area contributed by atoms with Crippen LogP contribution < -0.4 is 5.32 Å². The van der Waals surface area contributed by atoms with E-state index in [9.17, 15) is 4.79 Å². The van der Waals surface area contributed by atoms with Crippen molar-refractivity contribution >= 4 is 28.4 Å². The Morgan fingerprint density at radius 3 is 2.66 bits per heavy atom. The molecule has 3 aromatic carbocycles. The van der Waals surface area contributed by atoms with Crippen LogP contribution in [0.2, 0.25) is 0 Å². The van der Waals surface area contributed by atoms with Crippen molar-refractivity contribution < 1.29 is 4.79 Å². The number of nitrogens with one attached hydrogen (secondary N) is 1. The van der Waals surface area contributed by atoms with Crippen LogP contribution in [0.25, 0.3) is 10.8 Å². The van der Waals surface area contributed by atoms with Gasteiger partial charge < -0.3 is 5.32 Å². The topological polar surface area (TPSA) is 72.7 Å². The summed E-state index contributed by atoms with van der Waals surface area (Å²) < 4.78 is 1.71. The molecule has 0 aliphatic carbocycles. The van der Waals surface area contributed by atoms with Gasteiger partial charge in [0.2, 0.25) is 11.1 Å². The predicted molar refractivity (Wildman–Crippen MR) is 115 cm³/mol. The van der Waals surface area contributed by atoms with Crippen LogP contribution in [0, 0.1) is 0 Å². The molecule has 0 radical (unpaired) electrons. The van der Waals surface area contributed by atoms with Crippen LogP contribution in [0.15, 0.2) is 78.0 Å². The lowest BCUT2D eigenvalue weighted by Crippen LogP contribution is -2.28. The van der Waals surface area contributed by atoms with Crippen LogP contribution in [-0.2, 0) is 11.3 Å². The minimum atomic E-state index is -0.0884. The van der Waals surface area contributed by atoms with Crippen molar-refractivity contribution in [2.75, 3.05) is 5.75 Å². The molecule has 0 fully saturated rings. The Bertz CT molecular complexity index is 1110. The predicted octanol–water partition coefficient (Wildman–Crippen LogP) is 3.84. The zero-order valence-corrected chi connectivity index (χ0v) is 16.8. The second-order valence-corrected chi connectivity index (χ2v) is 7.69. The first kappa shape index (κ1) is 19.1. The zero-order valence-electron chi connectivity index (χ0n) is 16.0. The molecular weight excluding hydrogens is 382 g/mol. The molecule has 0 unspecified atom stereocenters. The van der Waals surface area contributed by atoms with Gasteiger partial charge in [-0.25, -0.2) is 4.68 Å². The highest BCUT2D eigenvalue weighted by atomic mass is 32.2. The van der Waals surface area contributed by atoms with E-state index in [0.717, 1.165) is 16.5 Å². The number of carbonyl (C=O) groups excluding carboxylic acids is 1. The van der Waals surface area contributed by atoms with E-state index < -0.39 is 0 Å². The van der Waals surface area contributed by atoms with Crippen LogP contribution in [0.5, 0.6) is 0 Å². The summed E-state index contributed by atoms with van der Waals surface area (Å²) >= 11 is 1.34. The maximum Gasteiger partial charge on any atom is 0.230 e. The number of aromatic nitrogens is 4. The maximum absolute atomic E-state index is 12.5. The molecule has 7 heteroatoms. The van der Waals surface area contributed by atoms with Crippen LogP contribution in [-0.4, -0.2) is 31.9 Å². The van der Waals surface area contributed by atoms with Crippen LogP contribution >= 0.6 is 11.8 Å². The summed E-state index contributed by atoms with van der Waals surface area (Å²) in [6, 6.07) is 24.2. The fourth-order valence-electron chi connectivity index (χ4n) is 3.27. The molecule has 146 valence electrons. The van der Waals surface area contributed by atoms with E-state index in [1.165, 1.54) is 17.1 Å².